The van der Waals surface area contributed by atoms with Gasteiger partial charge >= 0.3 is 0 Å². The van der Waals surface area contributed by atoms with Gasteiger partial charge in [-0.2, -0.15) is 0 Å². The van der Waals surface area contributed by atoms with E-state index in [2.05, 4.69) is 40.5 Å². The van der Waals surface area contributed by atoms with Crippen molar-refractivity contribution < 1.29 is 4.74 Å². The van der Waals surface area contributed by atoms with Crippen LogP contribution in [0.3, 0.4) is 0 Å². The van der Waals surface area contributed by atoms with Gasteiger partial charge in [-0.15, -0.1) is 0 Å². The van der Waals surface area contributed by atoms with Gasteiger partial charge in [0.1, 0.15) is 0 Å². The van der Waals surface area contributed by atoms with E-state index in [0.717, 1.165) is 51.7 Å². The fraction of sp³-hybridized carbons (Fsp3) is 0.647. The fourth-order valence-corrected chi connectivity index (χ4v) is 2.83. The Kier molecular flexibility index (Phi) is 5.06. The molecule has 0 spiro atoms. The molecule has 0 amide bonds. The monoisotopic (exact) mass is 274 g/mol. The van der Waals surface area contributed by atoms with Crippen LogP contribution >= 0.6 is 0 Å². The molecule has 20 heavy (non-hydrogen) atoms. The highest BCUT2D eigenvalue weighted by molar-refractivity contribution is 5.14. The zero-order chi connectivity index (χ0) is 13.6. The first-order chi connectivity index (χ1) is 9.90. The van der Waals surface area contributed by atoms with Crippen LogP contribution < -0.4 is 5.32 Å². The van der Waals surface area contributed by atoms with Gasteiger partial charge in [-0.25, -0.2) is 0 Å². The van der Waals surface area contributed by atoms with Gasteiger partial charge in [0, 0.05) is 45.4 Å². The van der Waals surface area contributed by atoms with Crippen molar-refractivity contribution in [2.24, 2.45) is 5.92 Å². The maximum Gasteiger partial charge on any atom is 0.0494 e. The minimum atomic E-state index is 0.590. The Bertz CT molecular complexity index is 391. The number of rotatable bonds is 7. The molecule has 1 heterocycles. The van der Waals surface area contributed by atoms with Crippen molar-refractivity contribution in [3.8, 4) is 0 Å². The average molecular weight is 274 g/mol. The van der Waals surface area contributed by atoms with Gasteiger partial charge < -0.3 is 10.1 Å². The highest BCUT2D eigenvalue weighted by atomic mass is 16.5. The van der Waals surface area contributed by atoms with Crippen LogP contribution in [-0.4, -0.2) is 43.8 Å². The summed E-state index contributed by atoms with van der Waals surface area (Å²) in [5, 5.41) is 3.62. The summed E-state index contributed by atoms with van der Waals surface area (Å²) in [6.07, 6.45) is 3.90. The maximum atomic E-state index is 5.76. The summed E-state index contributed by atoms with van der Waals surface area (Å²) in [6, 6.07) is 11.4. The Morgan fingerprint density at radius 1 is 1.20 bits per heavy atom. The Morgan fingerprint density at radius 2 is 2.05 bits per heavy atom. The molecule has 3 rings (SSSR count). The maximum absolute atomic E-state index is 5.76. The van der Waals surface area contributed by atoms with E-state index < -0.39 is 0 Å². The summed E-state index contributed by atoms with van der Waals surface area (Å²) in [4.78, 5) is 2.55. The SMILES string of the molecule is c1ccc(CN2CCN[C@H](CCOCC3CC3)C2)cc1. The molecule has 2 aliphatic rings. The summed E-state index contributed by atoms with van der Waals surface area (Å²) in [7, 11) is 0. The van der Waals surface area contributed by atoms with Crippen LogP contribution in [0.5, 0.6) is 0 Å². The van der Waals surface area contributed by atoms with Gasteiger partial charge in [0.15, 0.2) is 0 Å². The van der Waals surface area contributed by atoms with Crippen LogP contribution in [0.1, 0.15) is 24.8 Å². The molecular formula is C17H26N2O. The third-order valence-electron chi connectivity index (χ3n) is 4.25. The topological polar surface area (TPSA) is 24.5 Å². The fourth-order valence-electron chi connectivity index (χ4n) is 2.83. The summed E-state index contributed by atoms with van der Waals surface area (Å²) in [6.45, 7) is 6.35. The number of hydrogen-bond acceptors (Lipinski definition) is 3. The molecule has 0 aromatic heterocycles. The van der Waals surface area contributed by atoms with E-state index in [4.69, 9.17) is 4.74 Å². The first-order valence-electron chi connectivity index (χ1n) is 7.97. The lowest BCUT2D eigenvalue weighted by Gasteiger charge is -2.33. The Hall–Kier alpha value is -0.900. The van der Waals surface area contributed by atoms with Crippen LogP contribution in [0.15, 0.2) is 30.3 Å². The Labute approximate surface area is 122 Å². The second kappa shape index (κ2) is 7.21. The number of nitrogens with one attached hydrogen (secondary N) is 1. The molecule has 110 valence electrons. The third-order valence-corrected chi connectivity index (χ3v) is 4.25. The van der Waals surface area contributed by atoms with Gasteiger partial charge in [-0.3, -0.25) is 4.90 Å². The molecule has 1 aromatic carbocycles. The quantitative estimate of drug-likeness (QED) is 0.772. The average Bonchev–Trinajstić information content (AvgIpc) is 3.29. The Morgan fingerprint density at radius 3 is 2.85 bits per heavy atom. The molecule has 0 unspecified atom stereocenters. The molecule has 1 aromatic rings. The molecule has 1 aliphatic heterocycles. The van der Waals surface area contributed by atoms with E-state index >= 15 is 0 Å². The second-order valence-electron chi connectivity index (χ2n) is 6.18. The third kappa shape index (κ3) is 4.58. The number of hydrogen-bond donors (Lipinski definition) is 1. The first-order valence-corrected chi connectivity index (χ1v) is 7.97. The van der Waals surface area contributed by atoms with Crippen molar-refractivity contribution in [2.45, 2.75) is 31.8 Å². The van der Waals surface area contributed by atoms with E-state index in [1.807, 2.05) is 0 Å². The van der Waals surface area contributed by atoms with Gasteiger partial charge in [0.25, 0.3) is 0 Å². The van der Waals surface area contributed by atoms with E-state index in [1.165, 1.54) is 18.4 Å². The number of ether oxygens (including phenoxy) is 1. The van der Waals surface area contributed by atoms with Crippen molar-refractivity contribution in [1.29, 1.82) is 0 Å². The number of benzene rings is 1. The van der Waals surface area contributed by atoms with Crippen LogP contribution in [0.25, 0.3) is 0 Å². The summed E-state index contributed by atoms with van der Waals surface area (Å²) in [5.41, 5.74) is 1.41. The van der Waals surface area contributed by atoms with Crippen LogP contribution in [0, 0.1) is 5.92 Å². The minimum absolute atomic E-state index is 0.590. The van der Waals surface area contributed by atoms with E-state index in [0.29, 0.717) is 6.04 Å². The number of piperazine rings is 1. The van der Waals surface area contributed by atoms with E-state index in [9.17, 15) is 0 Å². The predicted molar refractivity (Wildman–Crippen MR) is 81.7 cm³/mol. The molecule has 2 fully saturated rings. The van der Waals surface area contributed by atoms with Crippen LogP contribution in [0.4, 0.5) is 0 Å². The van der Waals surface area contributed by atoms with E-state index in [-0.39, 0.29) is 0 Å². The predicted octanol–water partition coefficient (Wildman–Crippen LogP) is 2.28. The first kappa shape index (κ1) is 14.1. The normalized spacial score (nSPS) is 23.9. The molecule has 0 radical (unpaired) electrons. The highest BCUT2D eigenvalue weighted by Gasteiger charge is 2.22. The lowest BCUT2D eigenvalue weighted by molar-refractivity contribution is 0.101. The zero-order valence-corrected chi connectivity index (χ0v) is 12.3. The summed E-state index contributed by atoms with van der Waals surface area (Å²) >= 11 is 0. The second-order valence-corrected chi connectivity index (χ2v) is 6.18. The van der Waals surface area contributed by atoms with E-state index in [1.54, 1.807) is 0 Å². The molecule has 3 heteroatoms. The van der Waals surface area contributed by atoms with Crippen molar-refractivity contribution in [3.05, 3.63) is 35.9 Å². The van der Waals surface area contributed by atoms with Crippen molar-refractivity contribution in [2.75, 3.05) is 32.8 Å². The molecule has 1 saturated heterocycles. The molecular weight excluding hydrogens is 248 g/mol. The van der Waals surface area contributed by atoms with Crippen molar-refractivity contribution in [3.63, 3.8) is 0 Å². The molecule has 0 bridgehead atoms. The van der Waals surface area contributed by atoms with Crippen LogP contribution in [0.2, 0.25) is 0 Å². The minimum Gasteiger partial charge on any atom is -0.381 e. The molecule has 1 N–H and O–H groups in total. The Balaban J connectivity index is 1.37. The molecule has 1 atom stereocenters. The lowest BCUT2D eigenvalue weighted by Crippen LogP contribution is -2.50. The van der Waals surface area contributed by atoms with Gasteiger partial charge in [0.2, 0.25) is 0 Å². The summed E-state index contributed by atoms with van der Waals surface area (Å²) < 4.78 is 5.76. The summed E-state index contributed by atoms with van der Waals surface area (Å²) in [5.74, 6) is 0.879. The van der Waals surface area contributed by atoms with Crippen molar-refractivity contribution in [1.82, 2.24) is 10.2 Å². The lowest BCUT2D eigenvalue weighted by atomic mass is 10.1. The zero-order valence-electron chi connectivity index (χ0n) is 12.3. The molecule has 3 nitrogen and oxygen atoms in total. The van der Waals surface area contributed by atoms with Crippen LogP contribution in [-0.2, 0) is 11.3 Å². The molecule has 1 aliphatic carbocycles. The van der Waals surface area contributed by atoms with Gasteiger partial charge in [-0.05, 0) is 30.7 Å². The number of nitrogens with zero attached hydrogens (tertiary/aromatic N) is 1. The highest BCUT2D eigenvalue weighted by Crippen LogP contribution is 2.28. The smallest absolute Gasteiger partial charge is 0.0494 e. The largest absolute Gasteiger partial charge is 0.381 e. The van der Waals surface area contributed by atoms with Gasteiger partial charge in [0.05, 0.1) is 0 Å². The molecule has 1 saturated carbocycles. The van der Waals surface area contributed by atoms with Crippen molar-refractivity contribution >= 4 is 0 Å². The van der Waals surface area contributed by atoms with Gasteiger partial charge in [-0.1, -0.05) is 30.3 Å². The standard InChI is InChI=1S/C17H26N2O/c1-2-4-15(5-3-1)12-19-10-9-18-17(13-19)8-11-20-14-16-6-7-16/h1-5,16-18H,6-14H2/t17-/m1/s1.